The molecule has 4 rings (SSSR count). The fourth-order valence-electron chi connectivity index (χ4n) is 3.02. The topological polar surface area (TPSA) is 55.6 Å². The SMILES string of the molecule is COc1cccc(C(=O)Nc2c(-c3ccc(F)cc3)nc3cc(C)ccn23)c1. The summed E-state index contributed by atoms with van der Waals surface area (Å²) in [4.78, 5) is 17.5. The van der Waals surface area contributed by atoms with Crippen LogP contribution in [0.2, 0.25) is 0 Å². The third-order valence-corrected chi connectivity index (χ3v) is 4.46. The van der Waals surface area contributed by atoms with E-state index in [1.54, 1.807) is 43.5 Å². The average molecular weight is 375 g/mol. The van der Waals surface area contributed by atoms with Crippen LogP contribution in [0.4, 0.5) is 10.2 Å². The van der Waals surface area contributed by atoms with Gasteiger partial charge in [0.05, 0.1) is 7.11 Å². The lowest BCUT2D eigenvalue weighted by Crippen LogP contribution is -2.14. The van der Waals surface area contributed by atoms with Gasteiger partial charge in [0.25, 0.3) is 5.91 Å². The molecule has 2 aromatic carbocycles. The van der Waals surface area contributed by atoms with Crippen molar-refractivity contribution in [1.82, 2.24) is 9.38 Å². The summed E-state index contributed by atoms with van der Waals surface area (Å²) in [5, 5.41) is 2.95. The molecule has 5 nitrogen and oxygen atoms in total. The first-order valence-electron chi connectivity index (χ1n) is 8.75. The molecule has 0 unspecified atom stereocenters. The first kappa shape index (κ1) is 17.7. The van der Waals surface area contributed by atoms with Gasteiger partial charge in [-0.25, -0.2) is 9.37 Å². The first-order chi connectivity index (χ1) is 13.5. The van der Waals surface area contributed by atoms with Gasteiger partial charge in [-0.05, 0) is 67.1 Å². The minimum atomic E-state index is -0.328. The zero-order chi connectivity index (χ0) is 19.7. The molecule has 0 atom stereocenters. The highest BCUT2D eigenvalue weighted by Gasteiger charge is 2.18. The molecule has 2 aromatic heterocycles. The number of fused-ring (bicyclic) bond motifs is 1. The number of halogens is 1. The number of carbonyl (C=O) groups excluding carboxylic acids is 1. The molecular weight excluding hydrogens is 357 g/mol. The summed E-state index contributed by atoms with van der Waals surface area (Å²) in [5.74, 6) is 0.504. The number of nitrogens with one attached hydrogen (secondary N) is 1. The fourth-order valence-corrected chi connectivity index (χ4v) is 3.02. The van der Waals surface area contributed by atoms with Crippen molar-refractivity contribution < 1.29 is 13.9 Å². The van der Waals surface area contributed by atoms with E-state index in [0.717, 1.165) is 5.56 Å². The number of amides is 1. The van der Waals surface area contributed by atoms with Crippen LogP contribution in [-0.4, -0.2) is 22.4 Å². The summed E-state index contributed by atoms with van der Waals surface area (Å²) in [6.45, 7) is 1.97. The second-order valence-corrected chi connectivity index (χ2v) is 6.43. The summed E-state index contributed by atoms with van der Waals surface area (Å²) in [5.41, 5.74) is 3.49. The van der Waals surface area contributed by atoms with Crippen LogP contribution in [0.1, 0.15) is 15.9 Å². The molecule has 2 heterocycles. The minimum Gasteiger partial charge on any atom is -0.497 e. The Balaban J connectivity index is 1.81. The van der Waals surface area contributed by atoms with Gasteiger partial charge in [-0.3, -0.25) is 9.20 Å². The lowest BCUT2D eigenvalue weighted by molar-refractivity contribution is 0.102. The molecule has 1 amide bonds. The number of methoxy groups -OCH3 is 1. The van der Waals surface area contributed by atoms with Crippen LogP contribution in [0, 0.1) is 12.7 Å². The lowest BCUT2D eigenvalue weighted by atomic mass is 10.1. The molecule has 28 heavy (non-hydrogen) atoms. The molecule has 0 saturated carbocycles. The van der Waals surface area contributed by atoms with Gasteiger partial charge in [-0.2, -0.15) is 0 Å². The van der Waals surface area contributed by atoms with Crippen molar-refractivity contribution in [3.63, 3.8) is 0 Å². The number of rotatable bonds is 4. The maximum Gasteiger partial charge on any atom is 0.256 e. The fraction of sp³-hybridized carbons (Fsp3) is 0.0909. The number of hydrogen-bond acceptors (Lipinski definition) is 3. The normalized spacial score (nSPS) is 10.8. The summed E-state index contributed by atoms with van der Waals surface area (Å²) >= 11 is 0. The van der Waals surface area contributed by atoms with Crippen molar-refractivity contribution in [2.45, 2.75) is 6.92 Å². The van der Waals surface area contributed by atoms with Crippen molar-refractivity contribution in [3.8, 4) is 17.0 Å². The predicted molar refractivity (Wildman–Crippen MR) is 106 cm³/mol. The number of hydrogen-bond donors (Lipinski definition) is 1. The third-order valence-electron chi connectivity index (χ3n) is 4.46. The molecule has 1 N–H and O–H groups in total. The van der Waals surface area contributed by atoms with Crippen molar-refractivity contribution >= 4 is 17.4 Å². The Morgan fingerprint density at radius 3 is 2.64 bits per heavy atom. The number of carbonyl (C=O) groups is 1. The molecule has 6 heteroatoms. The maximum atomic E-state index is 13.4. The summed E-state index contributed by atoms with van der Waals surface area (Å²) in [6.07, 6.45) is 1.85. The van der Waals surface area contributed by atoms with Gasteiger partial charge in [-0.1, -0.05) is 6.07 Å². The van der Waals surface area contributed by atoms with Crippen molar-refractivity contribution in [3.05, 3.63) is 83.8 Å². The standard InChI is InChI=1S/C22H18FN3O2/c1-14-10-11-26-19(12-14)24-20(15-6-8-17(23)9-7-15)21(26)25-22(27)16-4-3-5-18(13-16)28-2/h3-13H,1-2H3,(H,25,27). The Morgan fingerprint density at radius 2 is 1.89 bits per heavy atom. The number of aryl methyl sites for hydroxylation is 1. The van der Waals surface area contributed by atoms with Crippen LogP contribution < -0.4 is 10.1 Å². The molecule has 0 aliphatic heterocycles. The van der Waals surface area contributed by atoms with Gasteiger partial charge in [0.15, 0.2) is 0 Å². The van der Waals surface area contributed by atoms with Crippen LogP contribution in [0.25, 0.3) is 16.9 Å². The molecule has 0 radical (unpaired) electrons. The highest BCUT2D eigenvalue weighted by molar-refractivity contribution is 6.06. The molecule has 0 spiro atoms. The van der Waals surface area contributed by atoms with E-state index >= 15 is 0 Å². The number of imidazole rings is 1. The van der Waals surface area contributed by atoms with Gasteiger partial charge in [0, 0.05) is 17.3 Å². The number of benzene rings is 2. The molecule has 0 saturated heterocycles. The molecule has 0 bridgehead atoms. The predicted octanol–water partition coefficient (Wildman–Crippen LogP) is 4.71. The van der Waals surface area contributed by atoms with E-state index in [9.17, 15) is 9.18 Å². The zero-order valence-corrected chi connectivity index (χ0v) is 15.4. The second kappa shape index (κ2) is 7.15. The lowest BCUT2D eigenvalue weighted by Gasteiger charge is -2.09. The average Bonchev–Trinajstić information content (AvgIpc) is 3.05. The molecule has 140 valence electrons. The highest BCUT2D eigenvalue weighted by Crippen LogP contribution is 2.30. The third kappa shape index (κ3) is 3.32. The van der Waals surface area contributed by atoms with Gasteiger partial charge >= 0.3 is 0 Å². The van der Waals surface area contributed by atoms with E-state index in [0.29, 0.717) is 34.0 Å². The van der Waals surface area contributed by atoms with E-state index in [1.165, 1.54) is 12.1 Å². The van der Waals surface area contributed by atoms with E-state index in [-0.39, 0.29) is 11.7 Å². The number of pyridine rings is 1. The van der Waals surface area contributed by atoms with E-state index in [2.05, 4.69) is 10.3 Å². The Bertz CT molecular complexity index is 1170. The zero-order valence-electron chi connectivity index (χ0n) is 15.4. The number of aromatic nitrogens is 2. The number of nitrogens with zero attached hydrogens (tertiary/aromatic N) is 2. The quantitative estimate of drug-likeness (QED) is 0.562. The Kier molecular flexibility index (Phi) is 4.53. The van der Waals surface area contributed by atoms with E-state index in [1.807, 2.05) is 29.7 Å². The van der Waals surface area contributed by atoms with Crippen molar-refractivity contribution in [1.29, 1.82) is 0 Å². The van der Waals surface area contributed by atoms with Gasteiger partial charge in [0.1, 0.15) is 28.7 Å². The van der Waals surface area contributed by atoms with Crippen molar-refractivity contribution in [2.24, 2.45) is 0 Å². The maximum absolute atomic E-state index is 13.4. The van der Waals surface area contributed by atoms with Crippen LogP contribution in [0.15, 0.2) is 66.9 Å². The first-order valence-corrected chi connectivity index (χ1v) is 8.75. The summed E-state index contributed by atoms with van der Waals surface area (Å²) in [6, 6.07) is 16.8. The Hall–Kier alpha value is -3.67. The summed E-state index contributed by atoms with van der Waals surface area (Å²) in [7, 11) is 1.55. The molecular formula is C22H18FN3O2. The van der Waals surface area contributed by atoms with Crippen LogP contribution in [-0.2, 0) is 0 Å². The summed E-state index contributed by atoms with van der Waals surface area (Å²) < 4.78 is 20.4. The Labute approximate surface area is 161 Å². The largest absolute Gasteiger partial charge is 0.497 e. The molecule has 0 aliphatic rings. The second-order valence-electron chi connectivity index (χ2n) is 6.43. The monoisotopic (exact) mass is 375 g/mol. The van der Waals surface area contributed by atoms with Gasteiger partial charge < -0.3 is 10.1 Å². The molecule has 0 aliphatic carbocycles. The van der Waals surface area contributed by atoms with Crippen molar-refractivity contribution in [2.75, 3.05) is 12.4 Å². The van der Waals surface area contributed by atoms with E-state index in [4.69, 9.17) is 4.74 Å². The Morgan fingerprint density at radius 1 is 1.11 bits per heavy atom. The van der Waals surface area contributed by atoms with Gasteiger partial charge in [-0.15, -0.1) is 0 Å². The smallest absolute Gasteiger partial charge is 0.256 e. The highest BCUT2D eigenvalue weighted by atomic mass is 19.1. The van der Waals surface area contributed by atoms with Crippen LogP contribution in [0.5, 0.6) is 5.75 Å². The number of ether oxygens (including phenoxy) is 1. The molecule has 4 aromatic rings. The van der Waals surface area contributed by atoms with Crippen LogP contribution >= 0.6 is 0 Å². The number of anilines is 1. The van der Waals surface area contributed by atoms with E-state index < -0.39 is 0 Å². The van der Waals surface area contributed by atoms with Crippen LogP contribution in [0.3, 0.4) is 0 Å². The van der Waals surface area contributed by atoms with Gasteiger partial charge in [0.2, 0.25) is 0 Å². The molecule has 0 fully saturated rings. The minimum absolute atomic E-state index is 0.287.